The Morgan fingerprint density at radius 2 is 1.97 bits per heavy atom. The van der Waals surface area contributed by atoms with Gasteiger partial charge in [-0.25, -0.2) is 9.97 Å². The van der Waals surface area contributed by atoms with Crippen molar-refractivity contribution in [3.8, 4) is 17.1 Å². The SMILES string of the molecule is CCOc1ccccc1CNC(=O)c1cccc(-c2nc3cccnc3n2C)c1. The second kappa shape index (κ2) is 8.14. The Kier molecular flexibility index (Phi) is 5.24. The molecule has 4 aromatic rings. The quantitative estimate of drug-likeness (QED) is 0.544. The first-order valence-corrected chi connectivity index (χ1v) is 9.54. The summed E-state index contributed by atoms with van der Waals surface area (Å²) in [6.45, 7) is 2.92. The standard InChI is InChI=1S/C23H22N4O2/c1-3-29-20-12-5-4-8-18(20)15-25-23(28)17-10-6-9-16(14-17)21-26-19-11-7-13-24-22(19)27(21)2/h4-14H,3,15H2,1-2H3,(H,25,28). The van der Waals surface area contributed by atoms with E-state index in [2.05, 4.69) is 15.3 Å². The molecule has 2 aromatic heterocycles. The van der Waals surface area contributed by atoms with E-state index in [0.717, 1.165) is 33.9 Å². The summed E-state index contributed by atoms with van der Waals surface area (Å²) in [7, 11) is 1.93. The highest BCUT2D eigenvalue weighted by atomic mass is 16.5. The van der Waals surface area contributed by atoms with Gasteiger partial charge < -0.3 is 14.6 Å². The molecule has 146 valence electrons. The van der Waals surface area contributed by atoms with Crippen molar-refractivity contribution in [3.05, 3.63) is 78.0 Å². The second-order valence-corrected chi connectivity index (χ2v) is 6.64. The number of carbonyl (C=O) groups excluding carboxylic acids is 1. The van der Waals surface area contributed by atoms with E-state index in [0.29, 0.717) is 18.7 Å². The third kappa shape index (κ3) is 3.82. The highest BCUT2D eigenvalue weighted by molar-refractivity contribution is 5.95. The Morgan fingerprint density at radius 3 is 2.79 bits per heavy atom. The predicted molar refractivity (Wildman–Crippen MR) is 113 cm³/mol. The fraction of sp³-hybridized carbons (Fsp3) is 0.174. The van der Waals surface area contributed by atoms with E-state index in [4.69, 9.17) is 4.74 Å². The lowest BCUT2D eigenvalue weighted by molar-refractivity contribution is 0.0950. The van der Waals surface area contributed by atoms with Crippen molar-refractivity contribution in [2.75, 3.05) is 6.61 Å². The third-order valence-corrected chi connectivity index (χ3v) is 4.72. The first-order chi connectivity index (χ1) is 14.2. The van der Waals surface area contributed by atoms with E-state index in [1.807, 2.05) is 73.1 Å². The van der Waals surface area contributed by atoms with Crippen LogP contribution >= 0.6 is 0 Å². The molecule has 0 aliphatic rings. The number of nitrogens with one attached hydrogen (secondary N) is 1. The van der Waals surface area contributed by atoms with Crippen LogP contribution in [0.15, 0.2) is 66.9 Å². The van der Waals surface area contributed by atoms with E-state index in [1.54, 1.807) is 12.3 Å². The Labute approximate surface area is 169 Å². The zero-order valence-corrected chi connectivity index (χ0v) is 16.4. The Hall–Kier alpha value is -3.67. The molecule has 0 saturated carbocycles. The Morgan fingerprint density at radius 1 is 1.10 bits per heavy atom. The summed E-state index contributed by atoms with van der Waals surface area (Å²) >= 11 is 0. The van der Waals surface area contributed by atoms with E-state index < -0.39 is 0 Å². The number of fused-ring (bicyclic) bond motifs is 1. The number of ether oxygens (including phenoxy) is 1. The van der Waals surface area contributed by atoms with E-state index in [1.165, 1.54) is 0 Å². The lowest BCUT2D eigenvalue weighted by Crippen LogP contribution is -2.23. The number of imidazole rings is 1. The van der Waals surface area contributed by atoms with Crippen molar-refractivity contribution >= 4 is 17.1 Å². The van der Waals surface area contributed by atoms with Gasteiger partial charge in [-0.2, -0.15) is 0 Å². The smallest absolute Gasteiger partial charge is 0.251 e. The summed E-state index contributed by atoms with van der Waals surface area (Å²) in [6.07, 6.45) is 1.75. The van der Waals surface area contributed by atoms with Crippen molar-refractivity contribution in [1.29, 1.82) is 0 Å². The number of aromatic nitrogens is 3. The molecule has 0 atom stereocenters. The largest absolute Gasteiger partial charge is 0.494 e. The average molecular weight is 386 g/mol. The minimum Gasteiger partial charge on any atom is -0.494 e. The van der Waals surface area contributed by atoms with Crippen LogP contribution in [0.5, 0.6) is 5.75 Å². The third-order valence-electron chi connectivity index (χ3n) is 4.72. The number of amides is 1. The van der Waals surface area contributed by atoms with Crippen molar-refractivity contribution < 1.29 is 9.53 Å². The van der Waals surface area contributed by atoms with Gasteiger partial charge in [-0.05, 0) is 37.3 Å². The van der Waals surface area contributed by atoms with E-state index in [-0.39, 0.29) is 5.91 Å². The summed E-state index contributed by atoms with van der Waals surface area (Å²) in [5, 5.41) is 2.98. The molecule has 0 bridgehead atoms. The van der Waals surface area contributed by atoms with E-state index >= 15 is 0 Å². The van der Waals surface area contributed by atoms with Gasteiger partial charge in [-0.3, -0.25) is 4.79 Å². The summed E-state index contributed by atoms with van der Waals surface area (Å²) in [5.41, 5.74) is 4.03. The zero-order chi connectivity index (χ0) is 20.2. The highest BCUT2D eigenvalue weighted by Crippen LogP contribution is 2.23. The van der Waals surface area contributed by atoms with Crippen LogP contribution in [0.1, 0.15) is 22.8 Å². The molecule has 0 aliphatic carbocycles. The Bertz CT molecular complexity index is 1170. The fourth-order valence-corrected chi connectivity index (χ4v) is 3.31. The molecule has 4 rings (SSSR count). The highest BCUT2D eigenvalue weighted by Gasteiger charge is 2.13. The minimum absolute atomic E-state index is 0.143. The molecule has 2 heterocycles. The molecule has 1 N–H and O–H groups in total. The van der Waals surface area contributed by atoms with Crippen LogP contribution in [0.4, 0.5) is 0 Å². The van der Waals surface area contributed by atoms with Gasteiger partial charge in [0.25, 0.3) is 5.91 Å². The number of para-hydroxylation sites is 1. The lowest BCUT2D eigenvalue weighted by atomic mass is 10.1. The molecule has 0 fully saturated rings. The predicted octanol–water partition coefficient (Wildman–Crippen LogP) is 3.96. The van der Waals surface area contributed by atoms with Crippen molar-refractivity contribution in [2.24, 2.45) is 7.05 Å². The number of nitrogens with zero attached hydrogens (tertiary/aromatic N) is 3. The van der Waals surface area contributed by atoms with Crippen LogP contribution < -0.4 is 10.1 Å². The van der Waals surface area contributed by atoms with Crippen molar-refractivity contribution in [1.82, 2.24) is 19.9 Å². The summed E-state index contributed by atoms with van der Waals surface area (Å²) in [5.74, 6) is 1.42. The monoisotopic (exact) mass is 386 g/mol. The van der Waals surface area contributed by atoms with Crippen LogP contribution in [0.25, 0.3) is 22.6 Å². The molecule has 1 amide bonds. The van der Waals surface area contributed by atoms with Gasteiger partial charge in [0.1, 0.15) is 17.1 Å². The molecule has 0 aliphatic heterocycles. The molecule has 0 unspecified atom stereocenters. The van der Waals surface area contributed by atoms with Gasteiger partial charge >= 0.3 is 0 Å². The minimum atomic E-state index is -0.143. The maximum Gasteiger partial charge on any atom is 0.251 e. The number of benzene rings is 2. The first kappa shape index (κ1) is 18.7. The van der Waals surface area contributed by atoms with Crippen molar-refractivity contribution in [2.45, 2.75) is 13.5 Å². The van der Waals surface area contributed by atoms with Gasteiger partial charge in [-0.15, -0.1) is 0 Å². The molecular weight excluding hydrogens is 364 g/mol. The van der Waals surface area contributed by atoms with Crippen LogP contribution in [0.2, 0.25) is 0 Å². The average Bonchev–Trinajstić information content (AvgIpc) is 3.10. The van der Waals surface area contributed by atoms with E-state index in [9.17, 15) is 4.79 Å². The van der Waals surface area contributed by atoms with Crippen LogP contribution in [0, 0.1) is 0 Å². The molecule has 0 radical (unpaired) electrons. The normalized spacial score (nSPS) is 10.8. The molecule has 6 heteroatoms. The molecular formula is C23H22N4O2. The van der Waals surface area contributed by atoms with Crippen LogP contribution in [-0.2, 0) is 13.6 Å². The van der Waals surface area contributed by atoms with Crippen molar-refractivity contribution in [3.63, 3.8) is 0 Å². The number of hydrogen-bond acceptors (Lipinski definition) is 4. The van der Waals surface area contributed by atoms with Crippen LogP contribution in [-0.4, -0.2) is 27.0 Å². The lowest BCUT2D eigenvalue weighted by Gasteiger charge is -2.11. The molecule has 2 aromatic carbocycles. The second-order valence-electron chi connectivity index (χ2n) is 6.64. The maximum atomic E-state index is 12.7. The van der Waals surface area contributed by atoms with Gasteiger partial charge in [0, 0.05) is 36.5 Å². The zero-order valence-electron chi connectivity index (χ0n) is 16.4. The molecule has 6 nitrogen and oxygen atoms in total. The molecule has 0 spiro atoms. The Balaban J connectivity index is 1.55. The summed E-state index contributed by atoms with van der Waals surface area (Å²) < 4.78 is 7.56. The topological polar surface area (TPSA) is 69.0 Å². The fourth-order valence-electron chi connectivity index (χ4n) is 3.31. The number of aryl methyl sites for hydroxylation is 1. The molecule has 29 heavy (non-hydrogen) atoms. The maximum absolute atomic E-state index is 12.7. The van der Waals surface area contributed by atoms with Gasteiger partial charge in [0.2, 0.25) is 0 Å². The van der Waals surface area contributed by atoms with Gasteiger partial charge in [0.15, 0.2) is 5.65 Å². The summed E-state index contributed by atoms with van der Waals surface area (Å²) in [4.78, 5) is 21.8. The molecule has 0 saturated heterocycles. The van der Waals surface area contributed by atoms with Gasteiger partial charge in [-0.1, -0.05) is 30.3 Å². The number of hydrogen-bond donors (Lipinski definition) is 1. The number of pyridine rings is 1. The number of rotatable bonds is 6. The van der Waals surface area contributed by atoms with Gasteiger partial charge in [0.05, 0.1) is 6.61 Å². The first-order valence-electron chi connectivity index (χ1n) is 9.54. The van der Waals surface area contributed by atoms with Crippen LogP contribution in [0.3, 0.4) is 0 Å². The number of carbonyl (C=O) groups is 1. The summed E-state index contributed by atoms with van der Waals surface area (Å²) in [6, 6.07) is 19.0.